The van der Waals surface area contributed by atoms with Gasteiger partial charge in [0.15, 0.2) is 0 Å². The number of carbonyl (C=O) groups excluding carboxylic acids is 1. The topological polar surface area (TPSA) is 73.1 Å². The number of anilines is 1. The zero-order chi connectivity index (χ0) is 17.6. The minimum atomic E-state index is -0.535. The molecule has 0 saturated heterocycles. The van der Waals surface area contributed by atoms with Crippen molar-refractivity contribution in [3.8, 4) is 0 Å². The second-order valence-corrected chi connectivity index (χ2v) is 6.97. The molecule has 1 aromatic carbocycles. The first-order valence-electron chi connectivity index (χ1n) is 6.75. The van der Waals surface area contributed by atoms with Crippen LogP contribution in [0, 0.1) is 0 Å². The Bertz CT molecular complexity index is 1100. The minimum absolute atomic E-state index is 0.0969. The third kappa shape index (κ3) is 2.75. The van der Waals surface area contributed by atoms with E-state index in [0.29, 0.717) is 15.4 Å². The normalized spacial score (nSPS) is 11.0. The van der Waals surface area contributed by atoms with Crippen LogP contribution in [-0.4, -0.2) is 15.0 Å². The zero-order valence-corrected chi connectivity index (χ0v) is 14.9. The molecule has 0 radical (unpaired) electrons. The molecule has 6 nitrogen and oxygen atoms in total. The van der Waals surface area contributed by atoms with Crippen LogP contribution in [-0.2, 0) is 14.1 Å². The van der Waals surface area contributed by atoms with E-state index in [9.17, 15) is 14.4 Å². The van der Waals surface area contributed by atoms with Crippen LogP contribution in [0.2, 0.25) is 10.0 Å². The van der Waals surface area contributed by atoms with Gasteiger partial charge in [-0.1, -0.05) is 29.3 Å². The fourth-order valence-corrected chi connectivity index (χ4v) is 3.90. The summed E-state index contributed by atoms with van der Waals surface area (Å²) in [6, 6.07) is 6.33. The Morgan fingerprint density at radius 3 is 2.54 bits per heavy atom. The predicted molar refractivity (Wildman–Crippen MR) is 96.7 cm³/mol. The van der Waals surface area contributed by atoms with Gasteiger partial charge >= 0.3 is 5.69 Å². The van der Waals surface area contributed by atoms with E-state index in [1.807, 2.05) is 0 Å². The standard InChI is InChI=1S/C15H11Cl2N3O3S/c1-19-10(6-11(21)20(2)15(19)23)18-14(22)13-12(17)8-4-3-7(16)5-9(8)24-13/h3-6H,1-2H3,(H,18,22). The number of aromatic nitrogens is 2. The molecule has 2 heterocycles. The highest BCUT2D eigenvalue weighted by atomic mass is 35.5. The lowest BCUT2D eigenvalue weighted by atomic mass is 10.2. The molecule has 24 heavy (non-hydrogen) atoms. The largest absolute Gasteiger partial charge is 0.332 e. The molecule has 0 atom stereocenters. The number of carbonyl (C=O) groups is 1. The smallest absolute Gasteiger partial charge is 0.307 e. The first-order chi connectivity index (χ1) is 11.3. The summed E-state index contributed by atoms with van der Waals surface area (Å²) in [5.74, 6) is -0.403. The summed E-state index contributed by atoms with van der Waals surface area (Å²) in [4.78, 5) is 36.4. The third-order valence-electron chi connectivity index (χ3n) is 3.57. The van der Waals surface area contributed by atoms with E-state index in [1.54, 1.807) is 18.2 Å². The molecule has 0 bridgehead atoms. The summed E-state index contributed by atoms with van der Waals surface area (Å²) < 4.78 is 2.90. The van der Waals surface area contributed by atoms with Crippen molar-refractivity contribution in [1.29, 1.82) is 0 Å². The van der Waals surface area contributed by atoms with E-state index in [0.717, 1.165) is 9.27 Å². The van der Waals surface area contributed by atoms with Crippen molar-refractivity contribution in [2.45, 2.75) is 0 Å². The quantitative estimate of drug-likeness (QED) is 0.739. The molecule has 0 aliphatic carbocycles. The van der Waals surface area contributed by atoms with Crippen molar-refractivity contribution in [1.82, 2.24) is 9.13 Å². The highest BCUT2D eigenvalue weighted by molar-refractivity contribution is 7.21. The van der Waals surface area contributed by atoms with Crippen molar-refractivity contribution in [2.24, 2.45) is 14.1 Å². The molecule has 2 aromatic heterocycles. The SMILES string of the molecule is Cn1c(NC(=O)c2sc3cc(Cl)ccc3c2Cl)cc(=O)n(C)c1=O. The van der Waals surface area contributed by atoms with Crippen LogP contribution in [0.4, 0.5) is 5.82 Å². The van der Waals surface area contributed by atoms with Gasteiger partial charge in [0, 0.05) is 35.3 Å². The average molecular weight is 384 g/mol. The third-order valence-corrected chi connectivity index (χ3v) is 5.46. The lowest BCUT2D eigenvalue weighted by Crippen LogP contribution is -2.38. The number of benzene rings is 1. The molecule has 0 fully saturated rings. The Balaban J connectivity index is 2.04. The number of fused-ring (bicyclic) bond motifs is 1. The van der Waals surface area contributed by atoms with E-state index in [2.05, 4.69) is 5.32 Å². The van der Waals surface area contributed by atoms with Gasteiger partial charge in [0.1, 0.15) is 10.7 Å². The molecule has 0 spiro atoms. The van der Waals surface area contributed by atoms with Gasteiger partial charge in [0.25, 0.3) is 11.5 Å². The minimum Gasteiger partial charge on any atom is -0.307 e. The molecule has 3 aromatic rings. The van der Waals surface area contributed by atoms with Gasteiger partial charge in [0.2, 0.25) is 0 Å². The van der Waals surface area contributed by atoms with Crippen LogP contribution < -0.4 is 16.6 Å². The zero-order valence-electron chi connectivity index (χ0n) is 12.6. The Morgan fingerprint density at radius 2 is 1.83 bits per heavy atom. The van der Waals surface area contributed by atoms with Gasteiger partial charge in [-0.2, -0.15) is 0 Å². The van der Waals surface area contributed by atoms with Gasteiger partial charge in [-0.3, -0.25) is 18.7 Å². The van der Waals surface area contributed by atoms with Crippen LogP contribution >= 0.6 is 34.5 Å². The van der Waals surface area contributed by atoms with Crippen LogP contribution in [0.15, 0.2) is 33.9 Å². The van der Waals surface area contributed by atoms with Gasteiger partial charge in [-0.05, 0) is 12.1 Å². The molecule has 3 rings (SSSR count). The first-order valence-corrected chi connectivity index (χ1v) is 8.33. The van der Waals surface area contributed by atoms with Crippen LogP contribution in [0.25, 0.3) is 10.1 Å². The van der Waals surface area contributed by atoms with Crippen LogP contribution in [0.1, 0.15) is 9.67 Å². The van der Waals surface area contributed by atoms with Gasteiger partial charge in [-0.25, -0.2) is 4.79 Å². The van der Waals surface area contributed by atoms with E-state index in [4.69, 9.17) is 23.2 Å². The maximum atomic E-state index is 12.5. The van der Waals surface area contributed by atoms with E-state index in [1.165, 1.54) is 36.1 Å². The number of rotatable bonds is 2. The summed E-state index contributed by atoms with van der Waals surface area (Å²) in [6.45, 7) is 0. The summed E-state index contributed by atoms with van der Waals surface area (Å²) in [5.41, 5.74) is -1.05. The van der Waals surface area contributed by atoms with Crippen LogP contribution in [0.5, 0.6) is 0 Å². The van der Waals surface area contributed by atoms with E-state index in [-0.39, 0.29) is 10.7 Å². The van der Waals surface area contributed by atoms with Crippen molar-refractivity contribution in [3.05, 3.63) is 60.0 Å². The number of nitrogens with one attached hydrogen (secondary N) is 1. The fraction of sp³-hybridized carbons (Fsp3) is 0.133. The second kappa shape index (κ2) is 6.08. The Hall–Kier alpha value is -2.09. The molecule has 0 aliphatic heterocycles. The number of halogens is 2. The fourth-order valence-electron chi connectivity index (χ4n) is 2.21. The number of thiophene rings is 1. The van der Waals surface area contributed by atoms with Gasteiger partial charge in [-0.15, -0.1) is 11.3 Å². The van der Waals surface area contributed by atoms with Crippen molar-refractivity contribution >= 4 is 56.3 Å². The lowest BCUT2D eigenvalue weighted by molar-refractivity contribution is 0.103. The molecule has 1 N–H and O–H groups in total. The van der Waals surface area contributed by atoms with Gasteiger partial charge < -0.3 is 5.32 Å². The van der Waals surface area contributed by atoms with Gasteiger partial charge in [0.05, 0.1) is 5.02 Å². The maximum Gasteiger partial charge on any atom is 0.332 e. The van der Waals surface area contributed by atoms with Crippen LogP contribution in [0.3, 0.4) is 0 Å². The lowest BCUT2D eigenvalue weighted by Gasteiger charge is -2.10. The summed E-state index contributed by atoms with van der Waals surface area (Å²) >= 11 is 13.4. The maximum absolute atomic E-state index is 12.5. The Labute approximate surface area is 149 Å². The monoisotopic (exact) mass is 383 g/mol. The first kappa shape index (κ1) is 16.8. The number of hydrogen-bond acceptors (Lipinski definition) is 4. The molecule has 1 amide bonds. The molecule has 124 valence electrons. The number of amides is 1. The molecular weight excluding hydrogens is 373 g/mol. The summed E-state index contributed by atoms with van der Waals surface area (Å²) in [5, 5.41) is 4.12. The molecule has 0 aliphatic rings. The Kier molecular flexibility index (Phi) is 4.25. The van der Waals surface area contributed by atoms with E-state index < -0.39 is 17.2 Å². The highest BCUT2D eigenvalue weighted by Crippen LogP contribution is 2.36. The molecule has 0 unspecified atom stereocenters. The highest BCUT2D eigenvalue weighted by Gasteiger charge is 2.19. The summed E-state index contributed by atoms with van der Waals surface area (Å²) in [6.07, 6.45) is 0. The average Bonchev–Trinajstić information content (AvgIpc) is 2.86. The summed E-state index contributed by atoms with van der Waals surface area (Å²) in [7, 11) is 2.83. The second-order valence-electron chi connectivity index (χ2n) is 5.11. The van der Waals surface area contributed by atoms with E-state index >= 15 is 0 Å². The Morgan fingerprint density at radius 1 is 1.12 bits per heavy atom. The van der Waals surface area contributed by atoms with Crippen molar-refractivity contribution in [3.63, 3.8) is 0 Å². The van der Waals surface area contributed by atoms with Crippen molar-refractivity contribution < 1.29 is 4.79 Å². The number of nitrogens with zero attached hydrogens (tertiary/aromatic N) is 2. The molecule has 9 heteroatoms. The number of hydrogen-bond donors (Lipinski definition) is 1. The predicted octanol–water partition coefficient (Wildman–Crippen LogP) is 2.86. The molecular formula is C15H11Cl2N3O3S. The van der Waals surface area contributed by atoms with Crippen molar-refractivity contribution in [2.75, 3.05) is 5.32 Å². The molecule has 0 saturated carbocycles.